The molecular weight excluding hydrogens is 290 g/mol. The van der Waals surface area contributed by atoms with E-state index >= 15 is 0 Å². The first kappa shape index (κ1) is 14.3. The number of hydrogen-bond acceptors (Lipinski definition) is 4. The van der Waals surface area contributed by atoms with E-state index in [2.05, 4.69) is 0 Å². The van der Waals surface area contributed by atoms with Gasteiger partial charge in [-0.2, -0.15) is 0 Å². The fourth-order valence-corrected chi connectivity index (χ4v) is 3.18. The van der Waals surface area contributed by atoms with Gasteiger partial charge in [0.05, 0.1) is 28.5 Å². The lowest BCUT2D eigenvalue weighted by Crippen LogP contribution is -2.46. The van der Waals surface area contributed by atoms with Crippen LogP contribution in [0, 0.1) is 5.92 Å². The van der Waals surface area contributed by atoms with E-state index in [0.29, 0.717) is 15.8 Å². The molecule has 5 nitrogen and oxygen atoms in total. The van der Waals surface area contributed by atoms with Crippen LogP contribution < -0.4 is 0 Å². The molecule has 1 amide bonds. The number of nitrogens with zero attached hydrogens (tertiary/aromatic N) is 1. The minimum absolute atomic E-state index is 0.148. The van der Waals surface area contributed by atoms with Crippen molar-refractivity contribution in [3.05, 3.63) is 21.3 Å². The summed E-state index contributed by atoms with van der Waals surface area (Å²) in [6.07, 6.45) is 0. The molecule has 19 heavy (non-hydrogen) atoms. The molecule has 1 aromatic heterocycles. The SMILES string of the molecule is CCN(C(=O)c1ccc(Cl)s1)C1COCC1C(=O)O. The van der Waals surface area contributed by atoms with Crippen LogP contribution in [0.3, 0.4) is 0 Å². The Balaban J connectivity index is 2.20. The van der Waals surface area contributed by atoms with E-state index in [1.54, 1.807) is 17.0 Å². The van der Waals surface area contributed by atoms with Gasteiger partial charge in [-0.15, -0.1) is 11.3 Å². The van der Waals surface area contributed by atoms with Crippen LogP contribution in [0.4, 0.5) is 0 Å². The second-order valence-corrected chi connectivity index (χ2v) is 5.96. The maximum absolute atomic E-state index is 12.4. The molecular formula is C12H14ClNO4S. The number of carboxylic acid groups (broad SMARTS) is 1. The standard InChI is InChI=1S/C12H14ClNO4S/c1-2-14(8-6-18-5-7(8)12(16)17)11(15)9-3-4-10(13)19-9/h3-4,7-8H,2,5-6H2,1H3,(H,16,17). The lowest BCUT2D eigenvalue weighted by Gasteiger charge is -2.28. The second-order valence-electron chi connectivity index (χ2n) is 4.24. The molecule has 2 unspecified atom stereocenters. The quantitative estimate of drug-likeness (QED) is 0.923. The van der Waals surface area contributed by atoms with Gasteiger partial charge in [0, 0.05) is 6.54 Å². The summed E-state index contributed by atoms with van der Waals surface area (Å²) >= 11 is 7.01. The fourth-order valence-electron chi connectivity index (χ4n) is 2.19. The average Bonchev–Trinajstić information content (AvgIpc) is 2.98. The molecule has 0 aliphatic carbocycles. The van der Waals surface area contributed by atoms with Gasteiger partial charge in [-0.25, -0.2) is 0 Å². The minimum atomic E-state index is -0.932. The number of carbonyl (C=O) groups is 2. The van der Waals surface area contributed by atoms with E-state index in [4.69, 9.17) is 21.4 Å². The van der Waals surface area contributed by atoms with Gasteiger partial charge in [0.25, 0.3) is 5.91 Å². The van der Waals surface area contributed by atoms with Crippen LogP contribution >= 0.6 is 22.9 Å². The van der Waals surface area contributed by atoms with Crippen molar-refractivity contribution in [1.29, 1.82) is 0 Å². The van der Waals surface area contributed by atoms with Crippen molar-refractivity contribution in [1.82, 2.24) is 4.90 Å². The maximum Gasteiger partial charge on any atom is 0.311 e. The van der Waals surface area contributed by atoms with E-state index in [-0.39, 0.29) is 19.1 Å². The molecule has 2 heterocycles. The summed E-state index contributed by atoms with van der Waals surface area (Å²) in [6.45, 7) is 2.67. The molecule has 1 saturated heterocycles. The predicted molar refractivity (Wildman–Crippen MR) is 71.8 cm³/mol. The number of aliphatic carboxylic acids is 1. The van der Waals surface area contributed by atoms with Gasteiger partial charge in [0.2, 0.25) is 0 Å². The van der Waals surface area contributed by atoms with Crippen molar-refractivity contribution in [2.24, 2.45) is 5.92 Å². The lowest BCUT2D eigenvalue weighted by atomic mass is 10.0. The monoisotopic (exact) mass is 303 g/mol. The molecule has 0 radical (unpaired) electrons. The molecule has 0 bridgehead atoms. The van der Waals surface area contributed by atoms with E-state index in [1.165, 1.54) is 11.3 Å². The van der Waals surface area contributed by atoms with Gasteiger partial charge in [-0.05, 0) is 19.1 Å². The first-order valence-electron chi connectivity index (χ1n) is 5.91. The van der Waals surface area contributed by atoms with E-state index in [0.717, 1.165) is 0 Å². The number of thiophene rings is 1. The molecule has 1 aliphatic rings. The molecule has 0 aromatic carbocycles. The fraction of sp³-hybridized carbons (Fsp3) is 0.500. The highest BCUT2D eigenvalue weighted by atomic mass is 35.5. The number of likely N-dealkylation sites (N-methyl/N-ethyl adjacent to an activating group) is 1. The average molecular weight is 304 g/mol. The van der Waals surface area contributed by atoms with Crippen LogP contribution in [0.2, 0.25) is 4.34 Å². The molecule has 1 aromatic rings. The Kier molecular flexibility index (Phi) is 4.44. The molecule has 2 rings (SSSR count). The topological polar surface area (TPSA) is 66.8 Å². The van der Waals surface area contributed by atoms with Gasteiger partial charge in [0.1, 0.15) is 5.92 Å². The Morgan fingerprint density at radius 2 is 2.26 bits per heavy atom. The van der Waals surface area contributed by atoms with Crippen molar-refractivity contribution in [3.8, 4) is 0 Å². The number of amides is 1. The van der Waals surface area contributed by atoms with Crippen LogP contribution in [0.15, 0.2) is 12.1 Å². The van der Waals surface area contributed by atoms with Crippen LogP contribution in [0.25, 0.3) is 0 Å². The minimum Gasteiger partial charge on any atom is -0.481 e. The van der Waals surface area contributed by atoms with E-state index < -0.39 is 17.9 Å². The van der Waals surface area contributed by atoms with Gasteiger partial charge in [0.15, 0.2) is 0 Å². The van der Waals surface area contributed by atoms with Crippen molar-refractivity contribution < 1.29 is 19.4 Å². The number of hydrogen-bond donors (Lipinski definition) is 1. The van der Waals surface area contributed by atoms with Gasteiger partial charge in [-0.3, -0.25) is 9.59 Å². The van der Waals surface area contributed by atoms with Crippen LogP contribution in [0.1, 0.15) is 16.6 Å². The number of halogens is 1. The maximum atomic E-state index is 12.4. The molecule has 1 fully saturated rings. The highest BCUT2D eigenvalue weighted by Gasteiger charge is 2.39. The number of carbonyl (C=O) groups excluding carboxylic acids is 1. The molecule has 0 spiro atoms. The number of rotatable bonds is 4. The molecule has 0 saturated carbocycles. The van der Waals surface area contributed by atoms with Crippen molar-refractivity contribution in [2.45, 2.75) is 13.0 Å². The van der Waals surface area contributed by atoms with E-state index in [9.17, 15) is 9.59 Å². The Morgan fingerprint density at radius 1 is 1.53 bits per heavy atom. The highest BCUT2D eigenvalue weighted by Crippen LogP contribution is 2.26. The first-order valence-corrected chi connectivity index (χ1v) is 7.11. The number of carboxylic acids is 1. The molecule has 1 N–H and O–H groups in total. The molecule has 1 aliphatic heterocycles. The second kappa shape index (κ2) is 5.90. The highest BCUT2D eigenvalue weighted by molar-refractivity contribution is 7.17. The smallest absolute Gasteiger partial charge is 0.311 e. The largest absolute Gasteiger partial charge is 0.481 e. The Labute approximate surface area is 119 Å². The summed E-state index contributed by atoms with van der Waals surface area (Å²) in [7, 11) is 0. The normalized spacial score (nSPS) is 22.4. The van der Waals surface area contributed by atoms with Crippen LogP contribution in [0.5, 0.6) is 0 Å². The summed E-state index contributed by atoms with van der Waals surface area (Å²) in [5.41, 5.74) is 0. The third kappa shape index (κ3) is 2.91. The first-order chi connectivity index (χ1) is 9.04. The third-order valence-electron chi connectivity index (χ3n) is 3.15. The zero-order valence-corrected chi connectivity index (χ0v) is 11.9. The molecule has 104 valence electrons. The predicted octanol–water partition coefficient (Wildman–Crippen LogP) is 1.96. The third-order valence-corrected chi connectivity index (χ3v) is 4.37. The van der Waals surface area contributed by atoms with Gasteiger partial charge in [-0.1, -0.05) is 11.6 Å². The summed E-state index contributed by atoms with van der Waals surface area (Å²) in [5.74, 6) is -1.79. The van der Waals surface area contributed by atoms with Crippen molar-refractivity contribution in [3.63, 3.8) is 0 Å². The lowest BCUT2D eigenvalue weighted by molar-refractivity contribution is -0.142. The van der Waals surface area contributed by atoms with Crippen LogP contribution in [-0.4, -0.2) is 47.7 Å². The van der Waals surface area contributed by atoms with Crippen molar-refractivity contribution in [2.75, 3.05) is 19.8 Å². The molecule has 7 heteroatoms. The van der Waals surface area contributed by atoms with Crippen LogP contribution in [-0.2, 0) is 9.53 Å². The summed E-state index contributed by atoms with van der Waals surface area (Å²) in [5, 5.41) is 9.15. The Hall–Kier alpha value is -1.11. The van der Waals surface area contributed by atoms with E-state index in [1.807, 2.05) is 6.92 Å². The Morgan fingerprint density at radius 3 is 2.79 bits per heavy atom. The Bertz CT molecular complexity index is 490. The van der Waals surface area contributed by atoms with Gasteiger partial charge >= 0.3 is 5.97 Å². The zero-order chi connectivity index (χ0) is 14.0. The summed E-state index contributed by atoms with van der Waals surface area (Å²) in [4.78, 5) is 25.6. The van der Waals surface area contributed by atoms with Gasteiger partial charge < -0.3 is 14.7 Å². The summed E-state index contributed by atoms with van der Waals surface area (Å²) in [6, 6.07) is 2.90. The number of ether oxygens (including phenoxy) is 1. The van der Waals surface area contributed by atoms with Crippen molar-refractivity contribution >= 4 is 34.8 Å². The zero-order valence-electron chi connectivity index (χ0n) is 10.3. The summed E-state index contributed by atoms with van der Waals surface area (Å²) < 4.78 is 5.75. The molecule has 2 atom stereocenters.